The third kappa shape index (κ3) is 6.08. The fraction of sp³-hybridized carbons (Fsp3) is 0.259. The molecule has 0 aliphatic carbocycles. The Morgan fingerprint density at radius 1 is 0.943 bits per heavy atom. The van der Waals surface area contributed by atoms with Gasteiger partial charge in [0.05, 0.1) is 41.7 Å². The molecular weight excluding hydrogens is 485 g/mol. The standard InChI is InChI=1S/C27H27Cl2N3O3/c1-34-24-12-10-18(15-25(24)35-2)16-27(33)30-13-5-8-26-31-22-6-3-4-7-23(22)32(26)17-19-9-11-20(28)21(29)14-19/h3-4,6-7,9-12,14-15H,5,8,13,16-17H2,1-2H3,(H,30,33). The van der Waals surface area contributed by atoms with Crippen molar-refractivity contribution in [3.8, 4) is 11.5 Å². The normalized spacial score (nSPS) is 11.0. The molecule has 8 heteroatoms. The Bertz CT molecular complexity index is 1340. The van der Waals surface area contributed by atoms with Crippen molar-refractivity contribution < 1.29 is 14.3 Å². The van der Waals surface area contributed by atoms with E-state index in [9.17, 15) is 4.79 Å². The van der Waals surface area contributed by atoms with Crippen LogP contribution in [0.2, 0.25) is 10.0 Å². The van der Waals surface area contributed by atoms with E-state index < -0.39 is 0 Å². The second-order valence-electron chi connectivity index (χ2n) is 8.17. The summed E-state index contributed by atoms with van der Waals surface area (Å²) in [6.45, 7) is 1.19. The number of amides is 1. The molecule has 0 unspecified atom stereocenters. The van der Waals surface area contributed by atoms with Gasteiger partial charge in [0.15, 0.2) is 11.5 Å². The van der Waals surface area contributed by atoms with Crippen molar-refractivity contribution in [1.29, 1.82) is 0 Å². The number of nitrogens with one attached hydrogen (secondary N) is 1. The number of methoxy groups -OCH3 is 2. The summed E-state index contributed by atoms with van der Waals surface area (Å²) in [4.78, 5) is 17.3. The molecule has 0 saturated heterocycles. The Balaban J connectivity index is 1.38. The van der Waals surface area contributed by atoms with Crippen molar-refractivity contribution in [3.05, 3.63) is 87.7 Å². The Labute approximate surface area is 214 Å². The fourth-order valence-corrected chi connectivity index (χ4v) is 4.35. The predicted molar refractivity (Wildman–Crippen MR) is 140 cm³/mol. The third-order valence-electron chi connectivity index (χ3n) is 5.77. The maximum Gasteiger partial charge on any atom is 0.224 e. The largest absolute Gasteiger partial charge is 0.493 e. The first-order valence-corrected chi connectivity index (χ1v) is 12.1. The molecule has 0 bridgehead atoms. The highest BCUT2D eigenvalue weighted by Crippen LogP contribution is 2.28. The molecule has 1 aromatic heterocycles. The minimum Gasteiger partial charge on any atom is -0.493 e. The molecule has 1 heterocycles. The number of carbonyl (C=O) groups excluding carboxylic acids is 1. The molecular formula is C27H27Cl2N3O3. The lowest BCUT2D eigenvalue weighted by molar-refractivity contribution is -0.120. The Hall–Kier alpha value is -3.22. The first-order chi connectivity index (χ1) is 17.0. The summed E-state index contributed by atoms with van der Waals surface area (Å²) in [6, 6.07) is 19.2. The van der Waals surface area contributed by atoms with Crippen molar-refractivity contribution in [2.24, 2.45) is 0 Å². The van der Waals surface area contributed by atoms with Crippen LogP contribution in [0.3, 0.4) is 0 Å². The van der Waals surface area contributed by atoms with Crippen molar-refractivity contribution in [2.75, 3.05) is 20.8 Å². The number of aryl methyl sites for hydroxylation is 1. The molecule has 1 N–H and O–H groups in total. The number of hydrogen-bond donors (Lipinski definition) is 1. The van der Waals surface area contributed by atoms with E-state index in [1.807, 2.05) is 48.5 Å². The number of benzene rings is 3. The van der Waals surface area contributed by atoms with Crippen LogP contribution in [-0.2, 0) is 24.2 Å². The topological polar surface area (TPSA) is 65.4 Å². The number of para-hydroxylation sites is 2. The number of carbonyl (C=O) groups is 1. The number of rotatable bonds is 10. The van der Waals surface area contributed by atoms with Crippen LogP contribution in [-0.4, -0.2) is 36.2 Å². The van der Waals surface area contributed by atoms with Gasteiger partial charge in [0.1, 0.15) is 5.82 Å². The van der Waals surface area contributed by atoms with Gasteiger partial charge < -0.3 is 19.4 Å². The molecule has 3 aromatic carbocycles. The summed E-state index contributed by atoms with van der Waals surface area (Å²) in [5.41, 5.74) is 3.92. The molecule has 0 aliphatic heterocycles. The average Bonchev–Trinajstić information content (AvgIpc) is 3.21. The monoisotopic (exact) mass is 511 g/mol. The van der Waals surface area contributed by atoms with Gasteiger partial charge in [0.2, 0.25) is 5.91 Å². The van der Waals surface area contributed by atoms with Crippen LogP contribution >= 0.6 is 23.2 Å². The van der Waals surface area contributed by atoms with Crippen molar-refractivity contribution in [1.82, 2.24) is 14.9 Å². The van der Waals surface area contributed by atoms with E-state index in [1.54, 1.807) is 20.3 Å². The smallest absolute Gasteiger partial charge is 0.224 e. The maximum atomic E-state index is 12.5. The molecule has 0 saturated carbocycles. The molecule has 6 nitrogen and oxygen atoms in total. The highest BCUT2D eigenvalue weighted by Gasteiger charge is 2.13. The zero-order valence-corrected chi connectivity index (χ0v) is 21.2. The van der Waals surface area contributed by atoms with Crippen LogP contribution in [0.1, 0.15) is 23.4 Å². The number of halogens is 2. The van der Waals surface area contributed by atoms with E-state index >= 15 is 0 Å². The Kier molecular flexibility index (Phi) is 8.16. The van der Waals surface area contributed by atoms with Crippen LogP contribution in [0.25, 0.3) is 11.0 Å². The van der Waals surface area contributed by atoms with Crippen molar-refractivity contribution in [2.45, 2.75) is 25.8 Å². The van der Waals surface area contributed by atoms with Gasteiger partial charge in [-0.15, -0.1) is 0 Å². The van der Waals surface area contributed by atoms with E-state index in [0.717, 1.165) is 40.8 Å². The molecule has 0 radical (unpaired) electrons. The second-order valence-corrected chi connectivity index (χ2v) is 8.99. The molecule has 0 fully saturated rings. The van der Waals surface area contributed by atoms with Gasteiger partial charge in [-0.2, -0.15) is 0 Å². The number of fused-ring (bicyclic) bond motifs is 1. The molecule has 35 heavy (non-hydrogen) atoms. The first-order valence-electron chi connectivity index (χ1n) is 11.3. The van der Waals surface area contributed by atoms with Gasteiger partial charge in [-0.25, -0.2) is 4.98 Å². The minimum absolute atomic E-state index is 0.0403. The maximum absolute atomic E-state index is 12.5. The Morgan fingerprint density at radius 3 is 2.49 bits per heavy atom. The lowest BCUT2D eigenvalue weighted by atomic mass is 10.1. The van der Waals surface area contributed by atoms with Gasteiger partial charge in [-0.1, -0.05) is 47.5 Å². The Morgan fingerprint density at radius 2 is 1.71 bits per heavy atom. The van der Waals surface area contributed by atoms with E-state index in [4.69, 9.17) is 37.7 Å². The molecule has 0 aliphatic rings. The molecule has 4 aromatic rings. The van der Waals surface area contributed by atoms with Gasteiger partial charge in [0, 0.05) is 19.5 Å². The average molecular weight is 512 g/mol. The van der Waals surface area contributed by atoms with Crippen LogP contribution in [0.15, 0.2) is 60.7 Å². The van der Waals surface area contributed by atoms with E-state index in [1.165, 1.54) is 0 Å². The molecule has 4 rings (SSSR count). The van der Waals surface area contributed by atoms with Crippen LogP contribution < -0.4 is 14.8 Å². The second kappa shape index (κ2) is 11.5. The zero-order chi connectivity index (χ0) is 24.8. The highest BCUT2D eigenvalue weighted by molar-refractivity contribution is 6.42. The first kappa shape index (κ1) is 24.9. The van der Waals surface area contributed by atoms with Gasteiger partial charge in [-0.05, 0) is 53.9 Å². The zero-order valence-electron chi connectivity index (χ0n) is 19.7. The van der Waals surface area contributed by atoms with Crippen LogP contribution in [0, 0.1) is 0 Å². The summed E-state index contributed by atoms with van der Waals surface area (Å²) in [5.74, 6) is 2.17. The minimum atomic E-state index is -0.0403. The van der Waals surface area contributed by atoms with Gasteiger partial charge >= 0.3 is 0 Å². The van der Waals surface area contributed by atoms with Crippen LogP contribution in [0.4, 0.5) is 0 Å². The highest BCUT2D eigenvalue weighted by atomic mass is 35.5. The van der Waals surface area contributed by atoms with Crippen LogP contribution in [0.5, 0.6) is 11.5 Å². The lowest BCUT2D eigenvalue weighted by Gasteiger charge is -2.11. The molecule has 182 valence electrons. The summed E-state index contributed by atoms with van der Waals surface area (Å²) < 4.78 is 12.8. The quantitative estimate of drug-likeness (QED) is 0.277. The molecule has 0 spiro atoms. The summed E-state index contributed by atoms with van der Waals surface area (Å²) in [7, 11) is 3.17. The lowest BCUT2D eigenvalue weighted by Crippen LogP contribution is -2.26. The third-order valence-corrected chi connectivity index (χ3v) is 6.51. The number of imidazole rings is 1. The van der Waals surface area contributed by atoms with Gasteiger partial charge in [-0.3, -0.25) is 4.79 Å². The van der Waals surface area contributed by atoms with Crippen molar-refractivity contribution in [3.63, 3.8) is 0 Å². The number of hydrogen-bond acceptors (Lipinski definition) is 4. The van der Waals surface area contributed by atoms with E-state index in [0.29, 0.717) is 34.6 Å². The summed E-state index contributed by atoms with van der Waals surface area (Å²) >= 11 is 12.3. The fourth-order valence-electron chi connectivity index (χ4n) is 4.03. The number of aromatic nitrogens is 2. The van der Waals surface area contributed by atoms with Crippen molar-refractivity contribution >= 4 is 40.1 Å². The SMILES string of the molecule is COc1ccc(CC(=O)NCCCc2nc3ccccc3n2Cc2ccc(Cl)c(Cl)c2)cc1OC. The van der Waals surface area contributed by atoms with E-state index in [2.05, 4.69) is 16.0 Å². The summed E-state index contributed by atoms with van der Waals surface area (Å²) in [6.07, 6.45) is 1.77. The molecule has 0 atom stereocenters. The van der Waals surface area contributed by atoms with Gasteiger partial charge in [0.25, 0.3) is 0 Å². The predicted octanol–water partition coefficient (Wildman–Crippen LogP) is 5.70. The number of nitrogens with zero attached hydrogens (tertiary/aromatic N) is 2. The molecule has 1 amide bonds. The van der Waals surface area contributed by atoms with E-state index in [-0.39, 0.29) is 12.3 Å². The number of ether oxygens (including phenoxy) is 2. The summed E-state index contributed by atoms with van der Waals surface area (Å²) in [5, 5.41) is 4.08.